The van der Waals surface area contributed by atoms with Crippen molar-refractivity contribution >= 4 is 11.6 Å². The van der Waals surface area contributed by atoms with E-state index < -0.39 is 0 Å². The van der Waals surface area contributed by atoms with Gasteiger partial charge in [0.05, 0.1) is 24.3 Å². The largest absolute Gasteiger partial charge is 0.322 e. The molecule has 2 aliphatic rings. The molecular weight excluding hydrogens is 295 g/mol. The van der Waals surface area contributed by atoms with Gasteiger partial charge in [-0.25, -0.2) is 9.37 Å². The Morgan fingerprint density at radius 3 is 2.87 bits per heavy atom. The summed E-state index contributed by atoms with van der Waals surface area (Å²) in [4.78, 5) is 28.1. The lowest BCUT2D eigenvalue weighted by molar-refractivity contribution is -0.127. The number of halogens is 1. The maximum Gasteiger partial charge on any atom is 0.138 e. The number of hydrogen-bond donors (Lipinski definition) is 0. The zero-order valence-corrected chi connectivity index (χ0v) is 12.7. The van der Waals surface area contributed by atoms with Crippen molar-refractivity contribution in [3.8, 4) is 11.3 Å². The molecule has 0 unspecified atom stereocenters. The first kappa shape index (κ1) is 14.3. The topological polar surface area (TPSA) is 52.0 Å². The fourth-order valence-electron chi connectivity index (χ4n) is 3.82. The molecule has 4 rings (SSSR count). The molecule has 1 aliphatic heterocycles. The summed E-state index contributed by atoms with van der Waals surface area (Å²) >= 11 is 0. The fraction of sp³-hybridized carbons (Fsp3) is 0.389. The molecule has 118 valence electrons. The third kappa shape index (κ3) is 2.31. The summed E-state index contributed by atoms with van der Waals surface area (Å²) in [5.74, 6) is 0.0137. The van der Waals surface area contributed by atoms with Crippen LogP contribution in [0.5, 0.6) is 0 Å². The van der Waals surface area contributed by atoms with Gasteiger partial charge in [-0.3, -0.25) is 9.59 Å². The van der Waals surface area contributed by atoms with Crippen molar-refractivity contribution in [1.29, 1.82) is 0 Å². The number of fused-ring (bicyclic) bond motifs is 3. The Morgan fingerprint density at radius 2 is 2.09 bits per heavy atom. The van der Waals surface area contributed by atoms with Crippen LogP contribution in [-0.2, 0) is 9.59 Å². The first-order chi connectivity index (χ1) is 11.1. The third-order valence-electron chi connectivity index (χ3n) is 5.06. The van der Waals surface area contributed by atoms with E-state index in [1.807, 2.05) is 10.6 Å². The highest BCUT2D eigenvalue weighted by atomic mass is 19.1. The number of benzene rings is 1. The normalized spacial score (nSPS) is 20.4. The van der Waals surface area contributed by atoms with Crippen molar-refractivity contribution in [3.05, 3.63) is 42.1 Å². The van der Waals surface area contributed by atoms with Gasteiger partial charge in [0.15, 0.2) is 0 Å². The van der Waals surface area contributed by atoms with Gasteiger partial charge in [0, 0.05) is 36.3 Å². The molecule has 1 aromatic heterocycles. The fourth-order valence-corrected chi connectivity index (χ4v) is 3.82. The van der Waals surface area contributed by atoms with Crippen LogP contribution in [0.25, 0.3) is 11.3 Å². The molecule has 0 amide bonds. The molecule has 0 bridgehead atoms. The number of imidazole rings is 1. The van der Waals surface area contributed by atoms with Gasteiger partial charge in [-0.2, -0.15) is 0 Å². The zero-order chi connectivity index (χ0) is 16.0. The van der Waals surface area contributed by atoms with Crippen LogP contribution in [0, 0.1) is 11.7 Å². The number of rotatable bonds is 3. The van der Waals surface area contributed by atoms with Crippen molar-refractivity contribution in [2.75, 3.05) is 0 Å². The van der Waals surface area contributed by atoms with Crippen LogP contribution >= 0.6 is 0 Å². The minimum absolute atomic E-state index is 0.0736. The summed E-state index contributed by atoms with van der Waals surface area (Å²) in [7, 11) is 0. The Hall–Kier alpha value is -2.30. The predicted octanol–water partition coefficient (Wildman–Crippen LogP) is 3.31. The van der Waals surface area contributed by atoms with Gasteiger partial charge in [-0.05, 0) is 18.9 Å². The first-order valence-corrected chi connectivity index (χ1v) is 8.00. The Bertz CT molecular complexity index is 786. The molecule has 2 heterocycles. The summed E-state index contributed by atoms with van der Waals surface area (Å²) in [5, 5.41) is 0. The van der Waals surface area contributed by atoms with Crippen LogP contribution in [0.1, 0.15) is 43.7 Å². The summed E-state index contributed by atoms with van der Waals surface area (Å²) in [6.45, 7) is 0. The van der Waals surface area contributed by atoms with Crippen LogP contribution in [0.15, 0.2) is 30.7 Å². The van der Waals surface area contributed by atoms with Gasteiger partial charge in [-0.15, -0.1) is 0 Å². The van der Waals surface area contributed by atoms with Gasteiger partial charge in [0.1, 0.15) is 17.4 Å². The quantitative estimate of drug-likeness (QED) is 0.873. The Labute approximate surface area is 133 Å². The van der Waals surface area contributed by atoms with E-state index in [9.17, 15) is 14.0 Å². The van der Waals surface area contributed by atoms with E-state index >= 15 is 0 Å². The molecule has 1 aromatic carbocycles. The Morgan fingerprint density at radius 1 is 1.30 bits per heavy atom. The smallest absolute Gasteiger partial charge is 0.138 e. The molecule has 1 fully saturated rings. The van der Waals surface area contributed by atoms with Crippen molar-refractivity contribution in [2.24, 2.45) is 5.92 Å². The van der Waals surface area contributed by atoms with Crippen LogP contribution in [0.2, 0.25) is 0 Å². The molecule has 0 saturated heterocycles. The van der Waals surface area contributed by atoms with E-state index in [1.165, 1.54) is 6.07 Å². The number of carbonyl (C=O) groups is 2. The van der Waals surface area contributed by atoms with E-state index in [0.29, 0.717) is 31.2 Å². The third-order valence-corrected chi connectivity index (χ3v) is 5.06. The van der Waals surface area contributed by atoms with Crippen molar-refractivity contribution in [1.82, 2.24) is 9.55 Å². The van der Waals surface area contributed by atoms with Gasteiger partial charge in [0.2, 0.25) is 0 Å². The lowest BCUT2D eigenvalue weighted by Gasteiger charge is -2.22. The highest BCUT2D eigenvalue weighted by molar-refractivity contribution is 5.87. The van der Waals surface area contributed by atoms with Crippen molar-refractivity contribution in [2.45, 2.75) is 38.1 Å². The summed E-state index contributed by atoms with van der Waals surface area (Å²) in [6.07, 6.45) is 5.87. The Kier molecular flexibility index (Phi) is 3.36. The SMILES string of the molecule is O=C1CCC(C(=O)C[C@@H]2c3c(F)cccc3-c3cncn32)CC1. The molecule has 1 saturated carbocycles. The average molecular weight is 312 g/mol. The van der Waals surface area contributed by atoms with Crippen LogP contribution in [0.3, 0.4) is 0 Å². The summed E-state index contributed by atoms with van der Waals surface area (Å²) in [6, 6.07) is 4.67. The van der Waals surface area contributed by atoms with Gasteiger partial charge in [0.25, 0.3) is 0 Å². The molecule has 1 atom stereocenters. The number of ketones is 2. The number of Topliss-reactive ketones (excluding diaryl/α,β-unsaturated/α-hetero) is 2. The summed E-state index contributed by atoms with van der Waals surface area (Å²) in [5.41, 5.74) is 2.26. The van der Waals surface area contributed by atoms with Crippen LogP contribution < -0.4 is 0 Å². The lowest BCUT2D eigenvalue weighted by atomic mass is 9.83. The van der Waals surface area contributed by atoms with Gasteiger partial charge >= 0.3 is 0 Å². The standard InChI is InChI=1S/C18H17FN2O2/c19-14-3-1-2-13-16-9-20-10-21(16)15(18(13)14)8-17(23)11-4-6-12(22)7-5-11/h1-3,9-11,15H,4-8H2/t15-/m1/s1. The molecule has 23 heavy (non-hydrogen) atoms. The molecular formula is C18H17FN2O2. The molecule has 0 radical (unpaired) electrons. The van der Waals surface area contributed by atoms with Crippen LogP contribution in [0.4, 0.5) is 4.39 Å². The molecule has 2 aromatic rings. The second-order valence-electron chi connectivity index (χ2n) is 6.39. The van der Waals surface area contributed by atoms with Gasteiger partial charge < -0.3 is 4.57 Å². The predicted molar refractivity (Wildman–Crippen MR) is 82.3 cm³/mol. The highest BCUT2D eigenvalue weighted by Gasteiger charge is 2.34. The van der Waals surface area contributed by atoms with E-state index in [4.69, 9.17) is 0 Å². The first-order valence-electron chi connectivity index (χ1n) is 8.00. The van der Waals surface area contributed by atoms with Gasteiger partial charge in [-0.1, -0.05) is 12.1 Å². The maximum atomic E-state index is 14.3. The van der Waals surface area contributed by atoms with E-state index in [2.05, 4.69) is 4.98 Å². The highest BCUT2D eigenvalue weighted by Crippen LogP contribution is 2.43. The Balaban J connectivity index is 1.63. The summed E-state index contributed by atoms with van der Waals surface area (Å²) < 4.78 is 16.2. The average Bonchev–Trinajstić information content (AvgIpc) is 3.12. The number of carbonyl (C=O) groups excluding carboxylic acids is 2. The molecule has 0 spiro atoms. The van der Waals surface area contributed by atoms with E-state index in [1.54, 1.807) is 18.6 Å². The van der Waals surface area contributed by atoms with E-state index in [0.717, 1.165) is 11.3 Å². The van der Waals surface area contributed by atoms with Crippen molar-refractivity contribution < 1.29 is 14.0 Å². The minimum Gasteiger partial charge on any atom is -0.322 e. The maximum absolute atomic E-state index is 14.3. The molecule has 5 heteroatoms. The minimum atomic E-state index is -0.325. The number of hydrogen-bond acceptors (Lipinski definition) is 3. The monoisotopic (exact) mass is 312 g/mol. The van der Waals surface area contributed by atoms with E-state index in [-0.39, 0.29) is 35.8 Å². The van der Waals surface area contributed by atoms with Crippen molar-refractivity contribution in [3.63, 3.8) is 0 Å². The molecule has 4 nitrogen and oxygen atoms in total. The lowest BCUT2D eigenvalue weighted by Crippen LogP contribution is -2.24. The molecule has 1 aliphatic carbocycles. The number of nitrogens with zero attached hydrogens (tertiary/aromatic N) is 2. The number of aromatic nitrogens is 2. The second-order valence-corrected chi connectivity index (χ2v) is 6.39. The zero-order valence-electron chi connectivity index (χ0n) is 12.7. The van der Waals surface area contributed by atoms with Crippen LogP contribution in [-0.4, -0.2) is 21.1 Å². The second kappa shape index (κ2) is 5.41. The molecule has 0 N–H and O–H groups in total.